The fourth-order valence-corrected chi connectivity index (χ4v) is 3.25. The molecule has 0 radical (unpaired) electrons. The average Bonchev–Trinajstić information content (AvgIpc) is 3.03. The van der Waals surface area contributed by atoms with Crippen LogP contribution in [0.15, 0.2) is 59.3 Å². The Labute approximate surface area is 152 Å². The molecule has 2 aliphatic rings. The van der Waals surface area contributed by atoms with Crippen LogP contribution in [0.1, 0.15) is 6.92 Å². The molecule has 132 valence electrons. The number of anilines is 1. The van der Waals surface area contributed by atoms with E-state index in [2.05, 4.69) is 10.6 Å². The predicted molar refractivity (Wildman–Crippen MR) is 98.6 cm³/mol. The Morgan fingerprint density at radius 3 is 2.80 bits per heavy atom. The first-order valence-corrected chi connectivity index (χ1v) is 8.59. The Kier molecular flexibility index (Phi) is 5.34. The minimum absolute atomic E-state index is 0.0575. The van der Waals surface area contributed by atoms with E-state index >= 15 is 0 Å². The molecule has 1 aromatic rings. The summed E-state index contributed by atoms with van der Waals surface area (Å²) in [6.07, 6.45) is 7.70. The first-order chi connectivity index (χ1) is 12.1. The molecular formula is C19H21ClN2O3. The third kappa shape index (κ3) is 3.82. The van der Waals surface area contributed by atoms with E-state index in [0.29, 0.717) is 11.6 Å². The Morgan fingerprint density at radius 2 is 2.12 bits per heavy atom. The molecule has 6 heteroatoms. The van der Waals surface area contributed by atoms with Gasteiger partial charge in [0.15, 0.2) is 0 Å². The molecule has 1 aromatic carbocycles. The van der Waals surface area contributed by atoms with Crippen molar-refractivity contribution in [1.82, 2.24) is 5.32 Å². The standard InChI is InChI=1S/C19H21ClN2O3/c1-3-25-19(23)18(22-13-5-7-14(24-2)8-6-13)16-11-21-17-10-12(20)4-9-15(16)17/h4-11,15,17-18,21-22H,3H2,1-2H3/t15?,17?,18-/m1/s1. The summed E-state index contributed by atoms with van der Waals surface area (Å²) in [7, 11) is 1.62. The SMILES string of the molecule is CCOC(=O)[C@H](Nc1ccc(OC)cc1)C1=CNC2C=C(Cl)C=CC12. The lowest BCUT2D eigenvalue weighted by Gasteiger charge is -2.26. The Hall–Kier alpha value is -2.40. The van der Waals surface area contributed by atoms with Crippen LogP contribution < -0.4 is 15.4 Å². The molecule has 2 N–H and O–H groups in total. The minimum atomic E-state index is -0.578. The van der Waals surface area contributed by atoms with Gasteiger partial charge in [0.05, 0.1) is 19.8 Å². The molecule has 25 heavy (non-hydrogen) atoms. The molecule has 3 rings (SSSR count). The lowest BCUT2D eigenvalue weighted by Crippen LogP contribution is -2.37. The van der Waals surface area contributed by atoms with Crippen molar-refractivity contribution < 1.29 is 14.3 Å². The van der Waals surface area contributed by atoms with Crippen molar-refractivity contribution in [3.05, 3.63) is 59.3 Å². The van der Waals surface area contributed by atoms with Gasteiger partial charge in [-0.25, -0.2) is 4.79 Å². The van der Waals surface area contributed by atoms with Gasteiger partial charge in [-0.2, -0.15) is 0 Å². The fourth-order valence-electron chi connectivity index (χ4n) is 3.04. The van der Waals surface area contributed by atoms with Gasteiger partial charge < -0.3 is 20.1 Å². The third-order valence-electron chi connectivity index (χ3n) is 4.27. The van der Waals surface area contributed by atoms with Crippen LogP contribution >= 0.6 is 11.6 Å². The van der Waals surface area contributed by atoms with Crippen LogP contribution in [0.2, 0.25) is 0 Å². The number of nitrogens with one attached hydrogen (secondary N) is 2. The van der Waals surface area contributed by atoms with Gasteiger partial charge in [0.2, 0.25) is 0 Å². The van der Waals surface area contributed by atoms with Crippen molar-refractivity contribution in [2.24, 2.45) is 5.92 Å². The van der Waals surface area contributed by atoms with Gasteiger partial charge in [0.1, 0.15) is 11.8 Å². The summed E-state index contributed by atoms with van der Waals surface area (Å²) in [5.41, 5.74) is 1.74. The summed E-state index contributed by atoms with van der Waals surface area (Å²) in [4.78, 5) is 12.6. The Balaban J connectivity index is 1.82. The van der Waals surface area contributed by atoms with Gasteiger partial charge in [0, 0.05) is 16.6 Å². The number of allylic oxidation sites excluding steroid dienone is 2. The maximum atomic E-state index is 12.6. The molecule has 0 aromatic heterocycles. The molecule has 0 saturated carbocycles. The van der Waals surface area contributed by atoms with Crippen LogP contribution in [0.25, 0.3) is 0 Å². The summed E-state index contributed by atoms with van der Waals surface area (Å²) >= 11 is 6.07. The molecule has 3 atom stereocenters. The van der Waals surface area contributed by atoms with Crippen molar-refractivity contribution in [3.8, 4) is 5.75 Å². The number of fused-ring (bicyclic) bond motifs is 1. The van der Waals surface area contributed by atoms with E-state index in [1.165, 1.54) is 0 Å². The first-order valence-electron chi connectivity index (χ1n) is 8.21. The average molecular weight is 361 g/mol. The number of carbonyl (C=O) groups is 1. The zero-order valence-corrected chi connectivity index (χ0v) is 14.9. The number of methoxy groups -OCH3 is 1. The monoisotopic (exact) mass is 360 g/mol. The van der Waals surface area contributed by atoms with Gasteiger partial charge in [-0.3, -0.25) is 0 Å². The van der Waals surface area contributed by atoms with Gasteiger partial charge in [-0.15, -0.1) is 0 Å². The molecule has 1 aliphatic carbocycles. The highest BCUT2D eigenvalue weighted by Gasteiger charge is 2.36. The largest absolute Gasteiger partial charge is 0.497 e. The zero-order valence-electron chi connectivity index (χ0n) is 14.2. The van der Waals surface area contributed by atoms with Crippen LogP contribution in [0.4, 0.5) is 5.69 Å². The molecule has 0 bridgehead atoms. The second kappa shape index (κ2) is 7.66. The first kappa shape index (κ1) is 17.4. The number of carbonyl (C=O) groups excluding carboxylic acids is 1. The van der Waals surface area contributed by atoms with E-state index in [1.54, 1.807) is 14.0 Å². The maximum Gasteiger partial charge on any atom is 0.332 e. The normalized spacial score (nSPS) is 22.2. The number of ether oxygens (including phenoxy) is 2. The summed E-state index contributed by atoms with van der Waals surface area (Å²) in [6.45, 7) is 2.13. The quantitative estimate of drug-likeness (QED) is 0.763. The number of halogens is 1. The molecule has 0 fully saturated rings. The smallest absolute Gasteiger partial charge is 0.332 e. The van der Waals surface area contributed by atoms with Crippen LogP contribution in [0, 0.1) is 5.92 Å². The summed E-state index contributed by atoms with van der Waals surface area (Å²) in [5.74, 6) is 0.513. The number of hydrogen-bond donors (Lipinski definition) is 2. The topological polar surface area (TPSA) is 59.6 Å². The van der Waals surface area contributed by atoms with Gasteiger partial charge >= 0.3 is 5.97 Å². The third-order valence-corrected chi connectivity index (χ3v) is 4.52. The van der Waals surface area contributed by atoms with E-state index < -0.39 is 6.04 Å². The molecule has 2 unspecified atom stereocenters. The van der Waals surface area contributed by atoms with E-state index in [1.807, 2.05) is 48.7 Å². The highest BCUT2D eigenvalue weighted by Crippen LogP contribution is 2.33. The fraction of sp³-hybridized carbons (Fsp3) is 0.316. The highest BCUT2D eigenvalue weighted by molar-refractivity contribution is 6.31. The van der Waals surface area contributed by atoms with Crippen molar-refractivity contribution in [1.29, 1.82) is 0 Å². The Bertz CT molecular complexity index is 725. The number of hydrogen-bond acceptors (Lipinski definition) is 5. The van der Waals surface area contributed by atoms with Gasteiger partial charge in [0.25, 0.3) is 0 Å². The van der Waals surface area contributed by atoms with Crippen molar-refractivity contribution in [3.63, 3.8) is 0 Å². The second-order valence-electron chi connectivity index (χ2n) is 5.83. The van der Waals surface area contributed by atoms with E-state index in [-0.39, 0.29) is 17.9 Å². The molecule has 0 amide bonds. The summed E-state index contributed by atoms with van der Waals surface area (Å²) in [6, 6.07) is 6.92. The number of rotatable bonds is 6. The van der Waals surface area contributed by atoms with E-state index in [0.717, 1.165) is 17.0 Å². The van der Waals surface area contributed by atoms with Crippen molar-refractivity contribution in [2.75, 3.05) is 19.0 Å². The van der Waals surface area contributed by atoms with Gasteiger partial charge in [-0.1, -0.05) is 17.7 Å². The number of esters is 1. The van der Waals surface area contributed by atoms with Crippen LogP contribution in [-0.2, 0) is 9.53 Å². The molecule has 1 aliphatic heterocycles. The minimum Gasteiger partial charge on any atom is -0.497 e. The van der Waals surface area contributed by atoms with Crippen LogP contribution in [0.3, 0.4) is 0 Å². The lowest BCUT2D eigenvalue weighted by molar-refractivity contribution is -0.143. The molecule has 0 saturated heterocycles. The number of benzene rings is 1. The van der Waals surface area contributed by atoms with E-state index in [9.17, 15) is 4.79 Å². The molecular weight excluding hydrogens is 340 g/mol. The van der Waals surface area contributed by atoms with E-state index in [4.69, 9.17) is 21.1 Å². The summed E-state index contributed by atoms with van der Waals surface area (Å²) in [5, 5.41) is 7.25. The van der Waals surface area contributed by atoms with Crippen molar-refractivity contribution in [2.45, 2.75) is 19.0 Å². The van der Waals surface area contributed by atoms with Crippen molar-refractivity contribution >= 4 is 23.3 Å². The van der Waals surface area contributed by atoms with Crippen LogP contribution in [-0.4, -0.2) is 31.8 Å². The Morgan fingerprint density at radius 1 is 1.36 bits per heavy atom. The summed E-state index contributed by atoms with van der Waals surface area (Å²) < 4.78 is 10.4. The van der Waals surface area contributed by atoms with Gasteiger partial charge in [-0.05, 0) is 55.1 Å². The highest BCUT2D eigenvalue weighted by atomic mass is 35.5. The zero-order chi connectivity index (χ0) is 17.8. The van der Waals surface area contributed by atoms with Crippen LogP contribution in [0.5, 0.6) is 5.75 Å². The molecule has 0 spiro atoms. The molecule has 5 nitrogen and oxygen atoms in total. The second-order valence-corrected chi connectivity index (χ2v) is 6.27. The predicted octanol–water partition coefficient (Wildman–Crippen LogP) is 3.20. The molecule has 1 heterocycles. The maximum absolute atomic E-state index is 12.6. The lowest BCUT2D eigenvalue weighted by atomic mass is 9.87.